The first kappa shape index (κ1) is 45.9. The van der Waals surface area contributed by atoms with Crippen molar-refractivity contribution in [2.24, 2.45) is 22.1 Å². The Labute approximate surface area is 302 Å². The zero-order valence-corrected chi connectivity index (χ0v) is 31.1. The Kier molecular flexibility index (Phi) is 16.6. The number of nitrogens with two attached hydrogens (primary N) is 1. The number of phosphoric acid groups is 3. The van der Waals surface area contributed by atoms with Crippen molar-refractivity contribution in [3.8, 4) is 0 Å². The highest BCUT2D eigenvalue weighted by Crippen LogP contribution is 2.61. The molecule has 2 heterocycles. The van der Waals surface area contributed by atoms with Crippen LogP contribution in [-0.4, -0.2) is 119 Å². The molecule has 1 fully saturated rings. The highest BCUT2D eigenvalue weighted by atomic mass is 32.2. The number of nitrogens with zero attached hydrogens (tertiary/aromatic N) is 3. The van der Waals surface area contributed by atoms with E-state index in [1.807, 2.05) is 0 Å². The minimum Gasteiger partial charge on any atom is -0.388 e. The second-order valence-electron chi connectivity index (χ2n) is 12.1. The fraction of sp³-hybridized carbons (Fsp3) is 0.720. The lowest BCUT2D eigenvalue weighted by Crippen LogP contribution is -2.46. The third-order valence-electron chi connectivity index (χ3n) is 7.52. The van der Waals surface area contributed by atoms with Crippen LogP contribution in [-0.2, 0) is 46.0 Å². The highest BCUT2D eigenvalue weighted by Gasteiger charge is 2.49. The van der Waals surface area contributed by atoms with Gasteiger partial charge in [-0.15, -0.1) is 0 Å². The third kappa shape index (κ3) is 13.5. The molecule has 0 radical (unpaired) electrons. The van der Waals surface area contributed by atoms with Crippen LogP contribution in [0.5, 0.6) is 0 Å². The number of phosphoric ester groups is 3. The number of imidazole rings is 1. The second kappa shape index (κ2) is 18.9. The number of hydrogen-bond acceptors (Lipinski definition) is 17. The van der Waals surface area contributed by atoms with Gasteiger partial charge in [-0.2, -0.15) is 4.31 Å². The van der Waals surface area contributed by atoms with Gasteiger partial charge in [0.25, 0.3) is 0 Å². The third-order valence-corrected chi connectivity index (χ3v) is 11.4. The summed E-state index contributed by atoms with van der Waals surface area (Å²) in [4.78, 5) is 82.6. The van der Waals surface area contributed by atoms with Crippen molar-refractivity contribution in [3.63, 3.8) is 0 Å². The number of amidine groups is 1. The van der Waals surface area contributed by atoms with Gasteiger partial charge in [-0.3, -0.25) is 28.0 Å². The topological polar surface area (TPSA) is 353 Å². The number of amides is 2. The van der Waals surface area contributed by atoms with Crippen molar-refractivity contribution >= 4 is 63.8 Å². The molecule has 7 unspecified atom stereocenters. The van der Waals surface area contributed by atoms with E-state index in [0.717, 1.165) is 11.8 Å². The number of aliphatic imine (C=N–C) groups is 1. The van der Waals surface area contributed by atoms with E-state index < -0.39 is 84.2 Å². The summed E-state index contributed by atoms with van der Waals surface area (Å²) in [6.45, 7) is 2.31. The maximum atomic E-state index is 12.7. The van der Waals surface area contributed by atoms with Gasteiger partial charge in [0.15, 0.2) is 5.12 Å². The number of nitrogens with one attached hydrogen (secondary N) is 3. The van der Waals surface area contributed by atoms with Gasteiger partial charge in [-0.25, -0.2) is 23.7 Å². The van der Waals surface area contributed by atoms with E-state index in [4.69, 9.17) is 19.3 Å². The summed E-state index contributed by atoms with van der Waals surface area (Å²) in [5, 5.41) is 29.2. The van der Waals surface area contributed by atoms with Gasteiger partial charge in [0, 0.05) is 43.5 Å². The lowest BCUT2D eigenvalue weighted by Gasteiger charge is -2.30. The predicted octanol–water partition coefficient (Wildman–Crippen LogP) is -0.453. The average Bonchev–Trinajstić information content (AvgIpc) is 3.57. The number of fused-ring (bicyclic) bond motifs is 1. The summed E-state index contributed by atoms with van der Waals surface area (Å²) < 4.78 is 57.1. The number of aromatic nitrogens is 2. The Morgan fingerprint density at radius 3 is 2.42 bits per heavy atom. The van der Waals surface area contributed by atoms with Crippen molar-refractivity contribution in [1.82, 2.24) is 20.2 Å². The maximum Gasteiger partial charge on any atom is 0.481 e. The van der Waals surface area contributed by atoms with E-state index in [9.17, 15) is 57.9 Å². The molecule has 1 saturated carbocycles. The van der Waals surface area contributed by atoms with Crippen LogP contribution >= 0.6 is 35.2 Å². The number of rotatable bonds is 19. The Hall–Kier alpha value is -2.27. The molecule has 0 spiro atoms. The van der Waals surface area contributed by atoms with Crippen LogP contribution in [0, 0.1) is 11.3 Å². The number of thioether (sulfide) groups is 1. The summed E-state index contributed by atoms with van der Waals surface area (Å²) in [5.74, 6) is -1.77. The van der Waals surface area contributed by atoms with Gasteiger partial charge >= 0.3 is 23.5 Å². The minimum atomic E-state index is -5.47. The molecule has 0 saturated heterocycles. The molecule has 2 amide bonds. The van der Waals surface area contributed by atoms with E-state index in [1.54, 1.807) is 0 Å². The standard InChI is InChI=1S/C24H42N7O16P3S.CH4/c1-13(32)51-7-6-26-16(33)4-5-27-23(36)20(35)24(2,3)10-45-50(42,43)47-49(40,41)44-9-14-8-15(18(34)19(14)46-48(37,38)39)31-12-30-17-21(25)28-11-29-22(17)31;/h12,14-15,18-20,29,34-35H,4-11H2,1-3H3,(H2,25,28)(H,26,33)(H,27,36)(H,40,41)(H,42,43)(H2,37,38,39);1H4. The molecule has 3 rings (SSSR count). The second-order valence-corrected chi connectivity index (χ2v) is 17.6. The fourth-order valence-corrected chi connectivity index (χ4v) is 8.40. The zero-order valence-electron chi connectivity index (χ0n) is 27.6. The molecule has 0 bridgehead atoms. The number of carbonyl (C=O) groups excluding carboxylic acids is 3. The smallest absolute Gasteiger partial charge is 0.388 e. The molecular weight excluding hydrogens is 779 g/mol. The van der Waals surface area contributed by atoms with E-state index in [2.05, 4.69) is 30.2 Å². The van der Waals surface area contributed by atoms with Crippen molar-refractivity contribution in [1.29, 1.82) is 0 Å². The molecule has 1 aromatic rings. The van der Waals surface area contributed by atoms with Crippen LogP contribution in [0.1, 0.15) is 52.8 Å². The number of anilines is 1. The van der Waals surface area contributed by atoms with Crippen LogP contribution < -0.4 is 21.7 Å². The minimum absolute atomic E-state index is 0. The number of aliphatic hydroxyl groups excluding tert-OH is 2. The first-order valence-electron chi connectivity index (χ1n) is 15.1. The van der Waals surface area contributed by atoms with Gasteiger partial charge in [-0.1, -0.05) is 33.0 Å². The predicted molar refractivity (Wildman–Crippen MR) is 184 cm³/mol. The molecule has 2 aliphatic rings. The monoisotopic (exact) mass is 825 g/mol. The van der Waals surface area contributed by atoms with Crippen LogP contribution in [0.4, 0.5) is 5.82 Å². The largest absolute Gasteiger partial charge is 0.481 e. The van der Waals surface area contributed by atoms with Crippen molar-refractivity contribution in [2.45, 2.75) is 65.4 Å². The zero-order chi connectivity index (χ0) is 38.4. The normalized spacial score (nSPS) is 23.1. The molecule has 11 N–H and O–H groups in total. The first-order valence-corrected chi connectivity index (χ1v) is 20.6. The van der Waals surface area contributed by atoms with Crippen LogP contribution in [0.25, 0.3) is 0 Å². The molecule has 23 nitrogen and oxygen atoms in total. The van der Waals surface area contributed by atoms with Gasteiger partial charge < -0.3 is 56.0 Å². The fourth-order valence-electron chi connectivity index (χ4n) is 5.00. The van der Waals surface area contributed by atoms with Crippen molar-refractivity contribution in [2.75, 3.05) is 44.0 Å². The van der Waals surface area contributed by atoms with Crippen LogP contribution in [0.15, 0.2) is 11.3 Å². The highest BCUT2D eigenvalue weighted by molar-refractivity contribution is 8.13. The number of aliphatic hydroxyl groups is 2. The Bertz CT molecular complexity index is 1610. The van der Waals surface area contributed by atoms with Gasteiger partial charge in [0.1, 0.15) is 42.3 Å². The molecular formula is C25H46N7O16P3S. The Balaban J connectivity index is 0.00000936. The summed E-state index contributed by atoms with van der Waals surface area (Å²) in [6, 6.07) is -0.970. The quantitative estimate of drug-likeness (QED) is 0.0623. The summed E-state index contributed by atoms with van der Waals surface area (Å²) in [6.07, 6.45) is -4.16. The summed E-state index contributed by atoms with van der Waals surface area (Å²) >= 11 is 1.03. The summed E-state index contributed by atoms with van der Waals surface area (Å²) in [5.41, 5.74) is 4.51. The molecule has 52 heavy (non-hydrogen) atoms. The number of hydrogen-bond donors (Lipinski definition) is 10. The van der Waals surface area contributed by atoms with E-state index in [0.29, 0.717) is 11.6 Å². The van der Waals surface area contributed by atoms with Crippen molar-refractivity contribution < 1.29 is 75.7 Å². The molecule has 0 aromatic carbocycles. The molecule has 1 aliphatic heterocycles. The van der Waals surface area contributed by atoms with E-state index >= 15 is 0 Å². The average molecular weight is 826 g/mol. The SMILES string of the molecule is C.CC(=O)SCCNC(=O)CCNC(=O)C(O)C(C)(C)COP(=O)(O)OP(=O)(O)OCC1CC(n2cnc3c2NCN=C3N)C(O)C1OP(=O)(O)O. The first-order chi connectivity index (χ1) is 23.5. The maximum absolute atomic E-state index is 12.7. The lowest BCUT2D eigenvalue weighted by atomic mass is 9.87. The van der Waals surface area contributed by atoms with Crippen molar-refractivity contribution in [3.05, 3.63) is 12.0 Å². The van der Waals surface area contributed by atoms with Crippen LogP contribution in [0.2, 0.25) is 0 Å². The Morgan fingerprint density at radius 2 is 1.79 bits per heavy atom. The van der Waals surface area contributed by atoms with Crippen LogP contribution in [0.3, 0.4) is 0 Å². The molecule has 1 aliphatic carbocycles. The van der Waals surface area contributed by atoms with Gasteiger partial charge in [-0.05, 0) is 6.42 Å². The van der Waals surface area contributed by atoms with Gasteiger partial charge in [0.05, 0.1) is 25.6 Å². The summed E-state index contributed by atoms with van der Waals surface area (Å²) in [7, 11) is -16.1. The van der Waals surface area contributed by atoms with E-state index in [1.165, 1.54) is 31.7 Å². The Morgan fingerprint density at radius 1 is 1.13 bits per heavy atom. The van der Waals surface area contributed by atoms with Gasteiger partial charge in [0.2, 0.25) is 11.8 Å². The lowest BCUT2D eigenvalue weighted by molar-refractivity contribution is -0.137. The molecule has 1 aromatic heterocycles. The molecule has 27 heteroatoms. The molecule has 298 valence electrons. The molecule has 7 atom stereocenters. The number of carbonyl (C=O) groups is 3. The van der Waals surface area contributed by atoms with E-state index in [-0.39, 0.29) is 56.7 Å².